The molecule has 1 N–H and O–H groups in total. The smallest absolute Gasteiger partial charge is 0.187 e. The summed E-state index contributed by atoms with van der Waals surface area (Å²) in [6, 6.07) is 15.4. The predicted molar refractivity (Wildman–Crippen MR) is 77.8 cm³/mol. The van der Waals surface area contributed by atoms with Crippen molar-refractivity contribution in [1.29, 1.82) is 0 Å². The largest absolute Gasteiger partial charge is 0.384 e. The molecule has 0 aromatic heterocycles. The Balaban J connectivity index is 1.94. The van der Waals surface area contributed by atoms with Gasteiger partial charge in [0.25, 0.3) is 0 Å². The first kappa shape index (κ1) is 14.0. The van der Waals surface area contributed by atoms with Crippen LogP contribution in [0.15, 0.2) is 66.4 Å². The van der Waals surface area contributed by atoms with Crippen molar-refractivity contribution in [2.75, 3.05) is 0 Å². The van der Waals surface area contributed by atoms with Crippen molar-refractivity contribution in [3.8, 4) is 0 Å². The number of allylic oxidation sites excluding steroid dienone is 2. The van der Waals surface area contributed by atoms with Crippen molar-refractivity contribution < 1.29 is 9.18 Å². The molecule has 0 aliphatic rings. The van der Waals surface area contributed by atoms with Crippen LogP contribution in [-0.4, -0.2) is 5.78 Å². The van der Waals surface area contributed by atoms with Crippen LogP contribution >= 0.6 is 0 Å². The number of nitrogens with one attached hydrogen (secondary N) is 1. The summed E-state index contributed by atoms with van der Waals surface area (Å²) in [6.07, 6.45) is 1.57. The van der Waals surface area contributed by atoms with Crippen LogP contribution in [0.3, 0.4) is 0 Å². The van der Waals surface area contributed by atoms with Gasteiger partial charge in [-0.3, -0.25) is 4.79 Å². The highest BCUT2D eigenvalue weighted by Gasteiger charge is 2.02. The molecule has 0 atom stereocenters. The molecule has 0 fully saturated rings. The molecule has 2 aromatic carbocycles. The summed E-state index contributed by atoms with van der Waals surface area (Å²) >= 11 is 0. The van der Waals surface area contributed by atoms with Crippen LogP contribution in [0.4, 0.5) is 4.39 Å². The SMILES string of the molecule is C/C(=C/C(=O)c1ccccc1)NCc1ccc(F)cc1. The number of halogens is 1. The van der Waals surface area contributed by atoms with E-state index >= 15 is 0 Å². The Hall–Kier alpha value is -2.42. The van der Waals surface area contributed by atoms with Gasteiger partial charge in [0.1, 0.15) is 5.82 Å². The Morgan fingerprint density at radius 3 is 2.40 bits per heavy atom. The maximum atomic E-state index is 12.8. The summed E-state index contributed by atoms with van der Waals surface area (Å²) in [4.78, 5) is 11.9. The van der Waals surface area contributed by atoms with Crippen LogP contribution in [0.1, 0.15) is 22.8 Å². The van der Waals surface area contributed by atoms with Gasteiger partial charge in [-0.05, 0) is 24.6 Å². The van der Waals surface area contributed by atoms with Crippen LogP contribution in [-0.2, 0) is 6.54 Å². The minimum absolute atomic E-state index is 0.0327. The van der Waals surface area contributed by atoms with E-state index in [-0.39, 0.29) is 11.6 Å². The topological polar surface area (TPSA) is 29.1 Å². The van der Waals surface area contributed by atoms with Gasteiger partial charge in [0, 0.05) is 23.9 Å². The van der Waals surface area contributed by atoms with Gasteiger partial charge in [-0.2, -0.15) is 0 Å². The van der Waals surface area contributed by atoms with Crippen LogP contribution in [0.25, 0.3) is 0 Å². The lowest BCUT2D eigenvalue weighted by molar-refractivity contribution is 0.104. The molecule has 0 aliphatic carbocycles. The van der Waals surface area contributed by atoms with Gasteiger partial charge in [0.15, 0.2) is 5.78 Å². The van der Waals surface area contributed by atoms with Crippen LogP contribution < -0.4 is 5.32 Å². The zero-order valence-corrected chi connectivity index (χ0v) is 11.3. The summed E-state index contributed by atoms with van der Waals surface area (Å²) in [5.41, 5.74) is 2.41. The molecule has 0 unspecified atom stereocenters. The van der Waals surface area contributed by atoms with Crippen LogP contribution in [0.2, 0.25) is 0 Å². The molecule has 0 bridgehead atoms. The first-order chi connectivity index (χ1) is 9.65. The second-order valence-electron chi connectivity index (χ2n) is 4.54. The fourth-order valence-electron chi connectivity index (χ4n) is 1.78. The van der Waals surface area contributed by atoms with Crippen molar-refractivity contribution in [2.24, 2.45) is 0 Å². The van der Waals surface area contributed by atoms with E-state index in [0.29, 0.717) is 12.1 Å². The average molecular weight is 269 g/mol. The van der Waals surface area contributed by atoms with Crippen molar-refractivity contribution in [2.45, 2.75) is 13.5 Å². The third-order valence-electron chi connectivity index (χ3n) is 2.89. The van der Waals surface area contributed by atoms with E-state index in [9.17, 15) is 9.18 Å². The van der Waals surface area contributed by atoms with Crippen molar-refractivity contribution >= 4 is 5.78 Å². The molecule has 0 saturated carbocycles. The first-order valence-electron chi connectivity index (χ1n) is 6.41. The highest BCUT2D eigenvalue weighted by molar-refractivity contribution is 6.04. The van der Waals surface area contributed by atoms with Gasteiger partial charge in [-0.1, -0.05) is 42.5 Å². The van der Waals surface area contributed by atoms with E-state index in [1.807, 2.05) is 25.1 Å². The zero-order valence-electron chi connectivity index (χ0n) is 11.3. The lowest BCUT2D eigenvalue weighted by Crippen LogP contribution is -2.12. The van der Waals surface area contributed by atoms with E-state index < -0.39 is 0 Å². The molecule has 0 amide bonds. The van der Waals surface area contributed by atoms with E-state index in [2.05, 4.69) is 5.32 Å². The number of carbonyl (C=O) groups is 1. The van der Waals surface area contributed by atoms with Gasteiger partial charge in [-0.25, -0.2) is 4.39 Å². The monoisotopic (exact) mass is 269 g/mol. The van der Waals surface area contributed by atoms with Gasteiger partial charge >= 0.3 is 0 Å². The van der Waals surface area contributed by atoms with Crippen molar-refractivity contribution in [3.05, 3.63) is 83.3 Å². The highest BCUT2D eigenvalue weighted by atomic mass is 19.1. The summed E-state index contributed by atoms with van der Waals surface area (Å²) < 4.78 is 12.8. The highest BCUT2D eigenvalue weighted by Crippen LogP contribution is 2.05. The Kier molecular flexibility index (Phi) is 4.66. The van der Waals surface area contributed by atoms with E-state index in [1.54, 1.807) is 30.3 Å². The molecule has 0 aliphatic heterocycles. The van der Waals surface area contributed by atoms with Gasteiger partial charge in [-0.15, -0.1) is 0 Å². The van der Waals surface area contributed by atoms with Gasteiger partial charge < -0.3 is 5.32 Å². The van der Waals surface area contributed by atoms with Crippen LogP contribution in [0, 0.1) is 5.82 Å². The predicted octanol–water partition coefficient (Wildman–Crippen LogP) is 3.70. The Morgan fingerprint density at radius 1 is 1.10 bits per heavy atom. The Morgan fingerprint density at radius 2 is 1.75 bits per heavy atom. The Bertz CT molecular complexity index is 603. The number of benzene rings is 2. The molecule has 0 spiro atoms. The number of hydrogen-bond acceptors (Lipinski definition) is 2. The minimum Gasteiger partial charge on any atom is -0.384 e. The van der Waals surface area contributed by atoms with E-state index in [4.69, 9.17) is 0 Å². The van der Waals surface area contributed by atoms with Gasteiger partial charge in [0.2, 0.25) is 0 Å². The standard InChI is InChI=1S/C17H16FNO/c1-13(11-17(20)15-5-3-2-4-6-15)19-12-14-7-9-16(18)10-8-14/h2-11,19H,12H2,1H3/b13-11-. The lowest BCUT2D eigenvalue weighted by Gasteiger charge is -2.06. The summed E-state index contributed by atoms with van der Waals surface area (Å²) in [7, 11) is 0. The van der Waals surface area contributed by atoms with Gasteiger partial charge in [0.05, 0.1) is 0 Å². The fraction of sp³-hybridized carbons (Fsp3) is 0.118. The number of ketones is 1. The third kappa shape index (κ3) is 4.05. The maximum Gasteiger partial charge on any atom is 0.187 e. The normalized spacial score (nSPS) is 11.2. The van der Waals surface area contributed by atoms with Crippen molar-refractivity contribution in [3.63, 3.8) is 0 Å². The minimum atomic E-state index is -0.250. The quantitative estimate of drug-likeness (QED) is 0.662. The van der Waals surface area contributed by atoms with E-state index in [0.717, 1.165) is 11.3 Å². The second-order valence-corrected chi connectivity index (χ2v) is 4.54. The molecule has 2 nitrogen and oxygen atoms in total. The zero-order chi connectivity index (χ0) is 14.4. The second kappa shape index (κ2) is 6.66. The number of hydrogen-bond donors (Lipinski definition) is 1. The first-order valence-corrected chi connectivity index (χ1v) is 6.41. The average Bonchev–Trinajstić information content (AvgIpc) is 2.47. The molecule has 3 heteroatoms. The summed E-state index contributed by atoms with van der Waals surface area (Å²) in [5, 5.41) is 3.14. The summed E-state index contributed by atoms with van der Waals surface area (Å²) in [5.74, 6) is -0.282. The Labute approximate surface area is 118 Å². The van der Waals surface area contributed by atoms with E-state index in [1.165, 1.54) is 12.1 Å². The van der Waals surface area contributed by atoms with Crippen molar-refractivity contribution in [1.82, 2.24) is 5.32 Å². The molecule has 102 valence electrons. The molecule has 20 heavy (non-hydrogen) atoms. The molecule has 0 radical (unpaired) electrons. The molecule has 0 saturated heterocycles. The van der Waals surface area contributed by atoms with Crippen LogP contribution in [0.5, 0.6) is 0 Å². The maximum absolute atomic E-state index is 12.8. The third-order valence-corrected chi connectivity index (χ3v) is 2.89. The molecule has 0 heterocycles. The number of rotatable bonds is 5. The summed E-state index contributed by atoms with van der Waals surface area (Å²) in [6.45, 7) is 2.40. The lowest BCUT2D eigenvalue weighted by atomic mass is 10.1. The fourth-order valence-corrected chi connectivity index (χ4v) is 1.78. The molecule has 2 rings (SSSR count). The molecule has 2 aromatic rings. The molecular weight excluding hydrogens is 253 g/mol. The number of carbonyl (C=O) groups excluding carboxylic acids is 1. The molecular formula is C17H16FNO.